The van der Waals surface area contributed by atoms with E-state index < -0.39 is 6.04 Å². The third-order valence-corrected chi connectivity index (χ3v) is 5.21. The van der Waals surface area contributed by atoms with Gasteiger partial charge in [-0.05, 0) is 55.8 Å². The first-order valence-electron chi connectivity index (χ1n) is 9.48. The van der Waals surface area contributed by atoms with Gasteiger partial charge in [-0.1, -0.05) is 18.5 Å². The fourth-order valence-electron chi connectivity index (χ4n) is 3.39. The molecule has 1 amide bonds. The van der Waals surface area contributed by atoms with Gasteiger partial charge in [0, 0.05) is 24.2 Å². The molecule has 0 aliphatic heterocycles. The highest BCUT2D eigenvalue weighted by Crippen LogP contribution is 2.24. The molecule has 6 nitrogen and oxygen atoms in total. The summed E-state index contributed by atoms with van der Waals surface area (Å²) in [5.74, 6) is 1.08. The predicted molar refractivity (Wildman–Crippen MR) is 115 cm³/mol. The Balaban J connectivity index is 2.04. The first-order chi connectivity index (χ1) is 13.9. The van der Waals surface area contributed by atoms with Gasteiger partial charge in [0.15, 0.2) is 0 Å². The van der Waals surface area contributed by atoms with Crippen molar-refractivity contribution < 1.29 is 9.53 Å². The van der Waals surface area contributed by atoms with E-state index >= 15 is 0 Å². The van der Waals surface area contributed by atoms with Gasteiger partial charge in [-0.15, -0.1) is 0 Å². The fraction of sp³-hybridized carbons (Fsp3) is 0.318. The lowest BCUT2D eigenvalue weighted by atomic mass is 10.1. The van der Waals surface area contributed by atoms with E-state index in [1.807, 2.05) is 13.8 Å². The van der Waals surface area contributed by atoms with E-state index in [1.165, 1.54) is 4.57 Å². The third kappa shape index (κ3) is 4.12. The van der Waals surface area contributed by atoms with Gasteiger partial charge in [0.25, 0.3) is 11.5 Å². The molecule has 3 rings (SSSR count). The number of carbonyl (C=O) groups excluding carboxylic acids is 1. The van der Waals surface area contributed by atoms with Gasteiger partial charge in [-0.2, -0.15) is 0 Å². The van der Waals surface area contributed by atoms with E-state index in [0.717, 1.165) is 6.42 Å². The first-order valence-corrected chi connectivity index (χ1v) is 9.86. The Hall–Kier alpha value is -2.86. The highest BCUT2D eigenvalue weighted by molar-refractivity contribution is 6.31. The molecule has 0 saturated carbocycles. The number of hydrogen-bond acceptors (Lipinski definition) is 4. The molecule has 0 spiro atoms. The maximum absolute atomic E-state index is 13.2. The molecule has 0 radical (unpaired) electrons. The minimum atomic E-state index is -0.398. The van der Waals surface area contributed by atoms with Crippen molar-refractivity contribution in [1.82, 2.24) is 14.5 Å². The second-order valence-corrected chi connectivity index (χ2v) is 7.34. The van der Waals surface area contributed by atoms with Gasteiger partial charge in [0.1, 0.15) is 11.6 Å². The highest BCUT2D eigenvalue weighted by atomic mass is 35.5. The molecule has 1 unspecified atom stereocenters. The normalized spacial score (nSPS) is 12.0. The summed E-state index contributed by atoms with van der Waals surface area (Å²) in [7, 11) is 3.26. The molecule has 152 valence electrons. The van der Waals surface area contributed by atoms with Crippen LogP contribution in [0.4, 0.5) is 0 Å². The lowest BCUT2D eigenvalue weighted by molar-refractivity contribution is 0.0680. The second-order valence-electron chi connectivity index (χ2n) is 6.90. The third-order valence-electron chi connectivity index (χ3n) is 4.98. The van der Waals surface area contributed by atoms with Crippen LogP contribution in [0.15, 0.2) is 47.3 Å². The molecule has 7 heteroatoms. The van der Waals surface area contributed by atoms with Crippen molar-refractivity contribution in [2.24, 2.45) is 7.05 Å². The molecule has 0 bridgehead atoms. The van der Waals surface area contributed by atoms with E-state index in [4.69, 9.17) is 16.3 Å². The summed E-state index contributed by atoms with van der Waals surface area (Å²) in [5, 5.41) is 1.01. The number of fused-ring (bicyclic) bond motifs is 1. The average Bonchev–Trinajstić information content (AvgIpc) is 2.73. The monoisotopic (exact) mass is 413 g/mol. The van der Waals surface area contributed by atoms with Crippen molar-refractivity contribution in [1.29, 1.82) is 0 Å². The van der Waals surface area contributed by atoms with E-state index in [9.17, 15) is 9.59 Å². The van der Waals surface area contributed by atoms with Crippen LogP contribution in [0, 0.1) is 0 Å². The number of aromatic nitrogens is 2. The standard InChI is InChI=1S/C22H24ClN3O3/c1-5-12-26(21(27)15-6-9-17(29-4)10-7-15)14(2)20-24-19-13-16(23)8-11-18(19)22(28)25(20)3/h6-11,13-14H,5,12H2,1-4H3. The number of methoxy groups -OCH3 is 1. The topological polar surface area (TPSA) is 64.4 Å². The van der Waals surface area contributed by atoms with E-state index in [1.54, 1.807) is 61.5 Å². The smallest absolute Gasteiger partial charge is 0.261 e. The number of halogens is 1. The minimum Gasteiger partial charge on any atom is -0.497 e. The van der Waals surface area contributed by atoms with Crippen LogP contribution in [-0.4, -0.2) is 34.0 Å². The second kappa shape index (κ2) is 8.66. The summed E-state index contributed by atoms with van der Waals surface area (Å²) in [6.45, 7) is 4.43. The SMILES string of the molecule is CCCN(C(=O)c1ccc(OC)cc1)C(C)c1nc2cc(Cl)ccc2c(=O)n1C. The number of nitrogens with zero attached hydrogens (tertiary/aromatic N) is 3. The lowest BCUT2D eigenvalue weighted by Gasteiger charge is -2.30. The maximum Gasteiger partial charge on any atom is 0.261 e. The van der Waals surface area contributed by atoms with E-state index in [0.29, 0.717) is 39.6 Å². The summed E-state index contributed by atoms with van der Waals surface area (Å²) >= 11 is 6.09. The van der Waals surface area contributed by atoms with Crippen LogP contribution >= 0.6 is 11.6 Å². The van der Waals surface area contributed by atoms with Crippen LogP contribution < -0.4 is 10.3 Å². The number of hydrogen-bond donors (Lipinski definition) is 0. The maximum atomic E-state index is 13.2. The zero-order valence-corrected chi connectivity index (χ0v) is 17.7. The Morgan fingerprint density at radius 1 is 1.24 bits per heavy atom. The van der Waals surface area contributed by atoms with Crippen LogP contribution in [0.5, 0.6) is 5.75 Å². The molecule has 0 saturated heterocycles. The van der Waals surface area contributed by atoms with Gasteiger partial charge < -0.3 is 9.64 Å². The van der Waals surface area contributed by atoms with E-state index in [2.05, 4.69) is 4.98 Å². The number of ether oxygens (including phenoxy) is 1. The molecule has 29 heavy (non-hydrogen) atoms. The molecule has 1 atom stereocenters. The van der Waals surface area contributed by atoms with Crippen molar-refractivity contribution in [2.45, 2.75) is 26.3 Å². The summed E-state index contributed by atoms with van der Waals surface area (Å²) in [6.07, 6.45) is 0.777. The van der Waals surface area contributed by atoms with Crippen LogP contribution in [0.25, 0.3) is 10.9 Å². The molecule has 1 heterocycles. The van der Waals surface area contributed by atoms with Crippen molar-refractivity contribution in [3.63, 3.8) is 0 Å². The molecule has 1 aromatic heterocycles. The highest BCUT2D eigenvalue weighted by Gasteiger charge is 2.25. The summed E-state index contributed by atoms with van der Waals surface area (Å²) in [6, 6.07) is 11.6. The molecule has 0 aliphatic carbocycles. The molecule has 0 N–H and O–H groups in total. The number of rotatable bonds is 6. The molecular weight excluding hydrogens is 390 g/mol. The minimum absolute atomic E-state index is 0.123. The zero-order chi connectivity index (χ0) is 21.1. The number of amides is 1. The van der Waals surface area contributed by atoms with Crippen molar-refractivity contribution in [3.05, 3.63) is 69.2 Å². The van der Waals surface area contributed by atoms with Crippen molar-refractivity contribution in [2.75, 3.05) is 13.7 Å². The predicted octanol–water partition coefficient (Wildman–Crippen LogP) is 4.21. The molecular formula is C22H24ClN3O3. The van der Waals surface area contributed by atoms with Crippen molar-refractivity contribution in [3.8, 4) is 5.75 Å². The van der Waals surface area contributed by atoms with Gasteiger partial charge in [-0.3, -0.25) is 14.2 Å². The van der Waals surface area contributed by atoms with Gasteiger partial charge in [0.2, 0.25) is 0 Å². The molecule has 2 aromatic carbocycles. The van der Waals surface area contributed by atoms with Gasteiger partial charge >= 0.3 is 0 Å². The largest absolute Gasteiger partial charge is 0.497 e. The molecule has 3 aromatic rings. The number of carbonyl (C=O) groups is 1. The fourth-order valence-corrected chi connectivity index (χ4v) is 3.55. The Kier molecular flexibility index (Phi) is 6.23. The Labute approximate surface area is 174 Å². The molecule has 0 aliphatic rings. The Morgan fingerprint density at radius 2 is 1.93 bits per heavy atom. The summed E-state index contributed by atoms with van der Waals surface area (Å²) in [4.78, 5) is 32.4. The molecule has 0 fully saturated rings. The van der Waals surface area contributed by atoms with E-state index in [-0.39, 0.29) is 11.5 Å². The summed E-state index contributed by atoms with van der Waals surface area (Å²) < 4.78 is 6.67. The quantitative estimate of drug-likeness (QED) is 0.607. The Bertz CT molecular complexity index is 1090. The van der Waals surface area contributed by atoms with Crippen molar-refractivity contribution >= 4 is 28.4 Å². The Morgan fingerprint density at radius 3 is 2.55 bits per heavy atom. The lowest BCUT2D eigenvalue weighted by Crippen LogP contribution is -2.37. The summed E-state index contributed by atoms with van der Waals surface area (Å²) in [5.41, 5.74) is 0.914. The van der Waals surface area contributed by atoms with Crippen LogP contribution in [0.2, 0.25) is 5.02 Å². The van der Waals surface area contributed by atoms with Gasteiger partial charge in [0.05, 0.1) is 24.1 Å². The van der Waals surface area contributed by atoms with Crippen LogP contribution in [-0.2, 0) is 7.05 Å². The van der Waals surface area contributed by atoms with Crippen LogP contribution in [0.1, 0.15) is 42.5 Å². The average molecular weight is 414 g/mol. The zero-order valence-electron chi connectivity index (χ0n) is 17.0. The number of benzene rings is 2. The van der Waals surface area contributed by atoms with Crippen LogP contribution in [0.3, 0.4) is 0 Å². The van der Waals surface area contributed by atoms with Gasteiger partial charge in [-0.25, -0.2) is 4.98 Å². The first kappa shape index (κ1) is 20.9.